The van der Waals surface area contributed by atoms with Gasteiger partial charge in [-0.2, -0.15) is 0 Å². The van der Waals surface area contributed by atoms with E-state index < -0.39 is 103 Å². The van der Waals surface area contributed by atoms with Gasteiger partial charge in [0.25, 0.3) is 0 Å². The van der Waals surface area contributed by atoms with E-state index in [1.54, 1.807) is 34.6 Å². The van der Waals surface area contributed by atoms with Crippen LogP contribution in [0.5, 0.6) is 5.75 Å². The zero-order valence-corrected chi connectivity index (χ0v) is 24.7. The summed E-state index contributed by atoms with van der Waals surface area (Å²) in [6.45, 7) is 13.7. The maximum absolute atomic E-state index is 14.3. The number of aliphatic hydroxyl groups is 4. The van der Waals surface area contributed by atoms with E-state index in [-0.39, 0.29) is 16.7 Å². The van der Waals surface area contributed by atoms with Crippen LogP contribution in [-0.4, -0.2) is 65.7 Å². The molecule has 222 valence electrons. The molecular formula is C31H38O10. The monoisotopic (exact) mass is 570 g/mol. The molecule has 10 nitrogen and oxygen atoms in total. The summed E-state index contributed by atoms with van der Waals surface area (Å²) in [6.07, 6.45) is -1.84. The molecule has 0 aromatic heterocycles. The van der Waals surface area contributed by atoms with Gasteiger partial charge in [0.1, 0.15) is 22.8 Å². The second kappa shape index (κ2) is 8.75. The smallest absolute Gasteiger partial charge is 0.336 e. The van der Waals surface area contributed by atoms with Gasteiger partial charge in [-0.25, -0.2) is 4.79 Å². The van der Waals surface area contributed by atoms with Gasteiger partial charge in [0.05, 0.1) is 22.8 Å². The Bertz CT molecular complexity index is 1510. The molecule has 0 heterocycles. The molecule has 0 saturated heterocycles. The van der Waals surface area contributed by atoms with Crippen molar-refractivity contribution < 1.29 is 49.8 Å². The van der Waals surface area contributed by atoms with Gasteiger partial charge in [0.15, 0.2) is 17.2 Å². The summed E-state index contributed by atoms with van der Waals surface area (Å²) in [4.78, 5) is 53.2. The van der Waals surface area contributed by atoms with Gasteiger partial charge < -0.3 is 30.6 Å². The Kier molecular flexibility index (Phi) is 6.50. The molecule has 4 rings (SSSR count). The van der Waals surface area contributed by atoms with Crippen LogP contribution in [0, 0.1) is 22.7 Å². The van der Waals surface area contributed by atoms with Crippen LogP contribution in [0.2, 0.25) is 0 Å². The molecule has 41 heavy (non-hydrogen) atoms. The lowest BCUT2D eigenvalue weighted by atomic mass is 9.41. The molecule has 3 aliphatic rings. The van der Waals surface area contributed by atoms with E-state index in [4.69, 9.17) is 0 Å². The molecule has 10 heteroatoms. The Balaban J connectivity index is 2.23. The predicted octanol–water partition coefficient (Wildman–Crippen LogP) is 3.87. The lowest BCUT2D eigenvalue weighted by Crippen LogP contribution is -2.73. The minimum absolute atomic E-state index is 0.0624. The normalized spacial score (nSPS) is 33.5. The number of phenols is 1. The third kappa shape index (κ3) is 3.37. The Morgan fingerprint density at radius 3 is 2.02 bits per heavy atom. The molecule has 1 unspecified atom stereocenters. The maximum atomic E-state index is 14.3. The van der Waals surface area contributed by atoms with Gasteiger partial charge in [-0.05, 0) is 35.8 Å². The molecule has 6 atom stereocenters. The van der Waals surface area contributed by atoms with E-state index in [1.807, 2.05) is 0 Å². The quantitative estimate of drug-likeness (QED) is 0.291. The van der Waals surface area contributed by atoms with Crippen LogP contribution < -0.4 is 0 Å². The first-order valence-electron chi connectivity index (χ1n) is 13.6. The van der Waals surface area contributed by atoms with Gasteiger partial charge in [-0.15, -0.1) is 0 Å². The fraction of sp³-hybridized carbons (Fsp3) is 0.548. The molecule has 0 saturated carbocycles. The van der Waals surface area contributed by atoms with Crippen molar-refractivity contribution in [2.75, 3.05) is 0 Å². The number of fused-ring (bicyclic) bond motifs is 3. The Morgan fingerprint density at radius 1 is 1.05 bits per heavy atom. The van der Waals surface area contributed by atoms with Crippen molar-refractivity contribution in [3.63, 3.8) is 0 Å². The number of aliphatic hydroxyl groups excluding tert-OH is 3. The highest BCUT2D eigenvalue weighted by Crippen LogP contribution is 2.68. The highest BCUT2D eigenvalue weighted by Gasteiger charge is 2.76. The standard InChI is InChI=1S/C31H38O10/c1-11(2)19-22(34)17(13(4)32)24(36)31(41)25(37)20-23(35)18-16(12(3)29(20,8)27(40)30(19,31)9)14(26(38)39)10-15(21(18)33)28(5,6)7/h10-12,19,27,33-34,37,40-41H,1-9H3,(H,38,39)/t12-,19?,27-,29+,30+,31+/m1/s1. The van der Waals surface area contributed by atoms with Crippen LogP contribution in [0.3, 0.4) is 0 Å². The number of aromatic carboxylic acids is 1. The fourth-order valence-electron chi connectivity index (χ4n) is 7.83. The molecule has 0 fully saturated rings. The topological polar surface area (TPSA) is 190 Å². The molecule has 1 aromatic carbocycles. The number of allylic oxidation sites excluding steroid dienone is 1. The number of carboxylic acid groups (broad SMARTS) is 1. The van der Waals surface area contributed by atoms with Crippen molar-refractivity contribution in [3.05, 3.63) is 51.0 Å². The number of carbonyl (C=O) groups is 4. The van der Waals surface area contributed by atoms with Gasteiger partial charge in [0.2, 0.25) is 5.78 Å². The number of carboxylic acids is 1. The van der Waals surface area contributed by atoms with E-state index in [9.17, 15) is 49.8 Å². The highest BCUT2D eigenvalue weighted by molar-refractivity contribution is 6.25. The van der Waals surface area contributed by atoms with Gasteiger partial charge in [0, 0.05) is 22.3 Å². The van der Waals surface area contributed by atoms with Crippen molar-refractivity contribution in [1.82, 2.24) is 0 Å². The number of hydrogen-bond donors (Lipinski definition) is 6. The predicted molar refractivity (Wildman–Crippen MR) is 147 cm³/mol. The summed E-state index contributed by atoms with van der Waals surface area (Å²) in [5, 5.41) is 69.0. The zero-order chi connectivity index (χ0) is 31.5. The van der Waals surface area contributed by atoms with Gasteiger partial charge in [-0.3, -0.25) is 14.4 Å². The van der Waals surface area contributed by atoms with Crippen LogP contribution in [0.25, 0.3) is 0 Å². The fourth-order valence-corrected chi connectivity index (χ4v) is 7.83. The molecule has 0 amide bonds. The minimum Gasteiger partial charge on any atom is -0.511 e. The van der Waals surface area contributed by atoms with E-state index in [2.05, 4.69) is 0 Å². The summed E-state index contributed by atoms with van der Waals surface area (Å²) >= 11 is 0. The molecule has 0 aliphatic heterocycles. The van der Waals surface area contributed by atoms with Crippen LogP contribution in [-0.2, 0) is 15.0 Å². The SMILES string of the molecule is CC(=O)C1=C(O)C(C(C)C)[C@@]2(C)[C@H](O)[C@]3(C)C(=C(O)[C@@]2(O)C1=O)C(=O)c1c(O)c(C(C)(C)C)cc(C(=O)O)c1[C@H]3C. The summed E-state index contributed by atoms with van der Waals surface area (Å²) in [7, 11) is 0. The molecular weight excluding hydrogens is 532 g/mol. The lowest BCUT2D eigenvalue weighted by molar-refractivity contribution is -0.211. The van der Waals surface area contributed by atoms with E-state index in [1.165, 1.54) is 26.8 Å². The number of phenolic OH excluding ortho intramolecular Hbond substituents is 1. The molecule has 6 N–H and O–H groups in total. The van der Waals surface area contributed by atoms with Crippen molar-refractivity contribution in [2.45, 2.75) is 85.4 Å². The molecule has 0 radical (unpaired) electrons. The number of benzene rings is 1. The Hall–Kier alpha value is -3.50. The van der Waals surface area contributed by atoms with Crippen molar-refractivity contribution in [1.29, 1.82) is 0 Å². The van der Waals surface area contributed by atoms with E-state index in [0.717, 1.165) is 6.92 Å². The van der Waals surface area contributed by atoms with Crippen LogP contribution >= 0.6 is 0 Å². The van der Waals surface area contributed by atoms with Crippen molar-refractivity contribution in [2.24, 2.45) is 22.7 Å². The summed E-state index contributed by atoms with van der Waals surface area (Å²) in [6, 6.07) is 1.29. The Labute approximate surface area is 238 Å². The number of ketones is 3. The summed E-state index contributed by atoms with van der Waals surface area (Å²) in [5.74, 6) is -9.81. The van der Waals surface area contributed by atoms with Crippen molar-refractivity contribution in [3.8, 4) is 5.75 Å². The number of rotatable bonds is 3. The third-order valence-electron chi connectivity index (χ3n) is 9.97. The summed E-state index contributed by atoms with van der Waals surface area (Å²) < 4.78 is 0. The average molecular weight is 571 g/mol. The Morgan fingerprint density at radius 2 is 1.59 bits per heavy atom. The number of hydrogen-bond acceptors (Lipinski definition) is 9. The van der Waals surface area contributed by atoms with Crippen LogP contribution in [0.1, 0.15) is 100 Å². The molecule has 3 aliphatic carbocycles. The lowest BCUT2D eigenvalue weighted by Gasteiger charge is -2.63. The largest absolute Gasteiger partial charge is 0.511 e. The van der Waals surface area contributed by atoms with E-state index >= 15 is 0 Å². The van der Waals surface area contributed by atoms with Crippen LogP contribution in [0.15, 0.2) is 28.7 Å². The molecule has 0 spiro atoms. The first-order chi connectivity index (χ1) is 18.5. The third-order valence-corrected chi connectivity index (χ3v) is 9.97. The number of Topliss-reactive ketones (excluding diaryl/α,β-unsaturated/α-hetero) is 3. The van der Waals surface area contributed by atoms with Crippen LogP contribution in [0.4, 0.5) is 0 Å². The first kappa shape index (κ1) is 30.5. The molecule has 1 aromatic rings. The second-order valence-corrected chi connectivity index (χ2v) is 13.5. The molecule has 0 bridgehead atoms. The maximum Gasteiger partial charge on any atom is 0.336 e. The summed E-state index contributed by atoms with van der Waals surface area (Å²) in [5.41, 5.74) is -9.61. The van der Waals surface area contributed by atoms with E-state index in [0.29, 0.717) is 0 Å². The second-order valence-electron chi connectivity index (χ2n) is 13.5. The minimum atomic E-state index is -3.01. The van der Waals surface area contributed by atoms with Gasteiger partial charge in [-0.1, -0.05) is 55.4 Å². The number of carbonyl (C=O) groups excluding carboxylic acids is 3. The first-order valence-corrected chi connectivity index (χ1v) is 13.6. The van der Waals surface area contributed by atoms with Crippen molar-refractivity contribution >= 4 is 23.3 Å². The van der Waals surface area contributed by atoms with Gasteiger partial charge >= 0.3 is 5.97 Å². The number of aromatic hydroxyl groups is 1. The zero-order valence-electron chi connectivity index (χ0n) is 24.7. The highest BCUT2D eigenvalue weighted by atomic mass is 16.4. The average Bonchev–Trinajstić information content (AvgIpc) is 2.82.